The van der Waals surface area contributed by atoms with Gasteiger partial charge in [0.2, 0.25) is 0 Å². The molecule has 0 saturated heterocycles. The van der Waals surface area contributed by atoms with Crippen molar-refractivity contribution in [2.75, 3.05) is 0 Å². The van der Waals surface area contributed by atoms with Gasteiger partial charge in [0.1, 0.15) is 21.6 Å². The highest BCUT2D eigenvalue weighted by molar-refractivity contribution is 6.37. The predicted octanol–water partition coefficient (Wildman–Crippen LogP) is 4.14. The summed E-state index contributed by atoms with van der Waals surface area (Å²) in [5.41, 5.74) is 1.40. The molecule has 0 saturated carbocycles. The van der Waals surface area contributed by atoms with Gasteiger partial charge in [-0.15, -0.1) is 0 Å². The Bertz CT molecular complexity index is 699. The first kappa shape index (κ1) is 15.1. The van der Waals surface area contributed by atoms with Gasteiger partial charge >= 0.3 is 5.97 Å². The summed E-state index contributed by atoms with van der Waals surface area (Å²) in [6, 6.07) is 1.68. The van der Waals surface area contributed by atoms with Gasteiger partial charge in [0, 0.05) is 12.4 Å². The van der Waals surface area contributed by atoms with Gasteiger partial charge in [0.05, 0.1) is 5.52 Å². The lowest BCUT2D eigenvalue weighted by Gasteiger charge is -2.20. The molecule has 2 rings (SSSR count). The van der Waals surface area contributed by atoms with Crippen molar-refractivity contribution in [1.82, 2.24) is 9.55 Å². The fourth-order valence-corrected chi connectivity index (χ4v) is 2.75. The Morgan fingerprint density at radius 2 is 1.95 bits per heavy atom. The van der Waals surface area contributed by atoms with Crippen LogP contribution in [0.5, 0.6) is 0 Å². The number of ether oxygens (including phenoxy) is 1. The summed E-state index contributed by atoms with van der Waals surface area (Å²) in [5.74, 6) is -0.388. The molecule has 0 amide bonds. The van der Waals surface area contributed by atoms with Gasteiger partial charge in [0.15, 0.2) is 0 Å². The smallest absolute Gasteiger partial charge is 0.355 e. The molecule has 2 aromatic rings. The van der Waals surface area contributed by atoms with Crippen LogP contribution in [0.2, 0.25) is 10.3 Å². The van der Waals surface area contributed by atoms with Crippen LogP contribution in [0.15, 0.2) is 6.07 Å². The molecule has 2 aromatic heterocycles. The van der Waals surface area contributed by atoms with E-state index >= 15 is 0 Å². The Morgan fingerprint density at radius 1 is 1.35 bits per heavy atom. The largest absolute Gasteiger partial charge is 0.455 e. The molecule has 0 aliphatic heterocycles. The van der Waals surface area contributed by atoms with E-state index in [9.17, 15) is 4.79 Å². The number of carbonyl (C=O) groups is 1. The quantitative estimate of drug-likeness (QED) is 0.587. The SMILES string of the molecule is Cc1c(C(=O)OC(C)(C)C)n(C)c2cc(Cl)nc(Cl)c12. The highest BCUT2D eigenvalue weighted by Gasteiger charge is 2.25. The van der Waals surface area contributed by atoms with E-state index in [1.165, 1.54) is 0 Å². The number of carbonyl (C=O) groups excluding carboxylic acids is 1. The van der Waals surface area contributed by atoms with E-state index in [-0.39, 0.29) is 11.1 Å². The van der Waals surface area contributed by atoms with Gasteiger partial charge in [0.25, 0.3) is 0 Å². The first-order chi connectivity index (χ1) is 9.11. The van der Waals surface area contributed by atoms with Crippen molar-refractivity contribution in [3.8, 4) is 0 Å². The van der Waals surface area contributed by atoms with Crippen molar-refractivity contribution < 1.29 is 9.53 Å². The number of aryl methyl sites for hydroxylation is 2. The molecule has 0 N–H and O–H groups in total. The predicted molar refractivity (Wildman–Crippen MR) is 80.6 cm³/mol. The number of pyridine rings is 1. The second-order valence-corrected chi connectivity index (χ2v) is 6.41. The zero-order valence-corrected chi connectivity index (χ0v) is 13.6. The Hall–Kier alpha value is -1.26. The van der Waals surface area contributed by atoms with Crippen LogP contribution in [0.25, 0.3) is 10.9 Å². The summed E-state index contributed by atoms with van der Waals surface area (Å²) in [6.07, 6.45) is 0. The zero-order valence-electron chi connectivity index (χ0n) is 12.0. The number of hydrogen-bond acceptors (Lipinski definition) is 3. The molecule has 20 heavy (non-hydrogen) atoms. The van der Waals surface area contributed by atoms with E-state index < -0.39 is 5.60 Å². The minimum atomic E-state index is -0.556. The zero-order chi connectivity index (χ0) is 15.2. The van der Waals surface area contributed by atoms with Gasteiger partial charge in [-0.05, 0) is 39.3 Å². The van der Waals surface area contributed by atoms with Crippen LogP contribution < -0.4 is 0 Å². The highest BCUT2D eigenvalue weighted by Crippen LogP contribution is 2.32. The molecule has 0 bridgehead atoms. The van der Waals surface area contributed by atoms with E-state index in [0.717, 1.165) is 16.5 Å². The summed E-state index contributed by atoms with van der Waals surface area (Å²) in [7, 11) is 1.78. The third-order valence-corrected chi connectivity index (χ3v) is 3.41. The molecule has 0 aliphatic rings. The molecule has 108 valence electrons. The molecule has 0 atom stereocenters. The van der Waals surface area contributed by atoms with Gasteiger partial charge in [-0.3, -0.25) is 0 Å². The molecular formula is C14H16Cl2N2O2. The van der Waals surface area contributed by atoms with Crippen LogP contribution in [-0.4, -0.2) is 21.1 Å². The normalized spacial score (nSPS) is 11.9. The molecule has 0 unspecified atom stereocenters. The number of fused-ring (bicyclic) bond motifs is 1. The van der Waals surface area contributed by atoms with Crippen molar-refractivity contribution in [1.29, 1.82) is 0 Å². The Kier molecular flexibility index (Phi) is 3.73. The Labute approximate surface area is 127 Å². The lowest BCUT2D eigenvalue weighted by molar-refractivity contribution is 0.00587. The molecule has 0 aromatic carbocycles. The number of aromatic nitrogens is 2. The van der Waals surface area contributed by atoms with Crippen molar-refractivity contribution >= 4 is 40.1 Å². The van der Waals surface area contributed by atoms with E-state index in [1.54, 1.807) is 17.7 Å². The van der Waals surface area contributed by atoms with Crippen LogP contribution in [0, 0.1) is 6.92 Å². The van der Waals surface area contributed by atoms with Crippen LogP contribution in [0.3, 0.4) is 0 Å². The van der Waals surface area contributed by atoms with Crippen molar-refractivity contribution in [2.24, 2.45) is 7.05 Å². The maximum atomic E-state index is 12.3. The van der Waals surface area contributed by atoms with E-state index in [0.29, 0.717) is 10.8 Å². The van der Waals surface area contributed by atoms with Gasteiger partial charge in [-0.2, -0.15) is 0 Å². The maximum absolute atomic E-state index is 12.3. The molecule has 0 aliphatic carbocycles. The third-order valence-electron chi connectivity index (χ3n) is 2.94. The summed E-state index contributed by atoms with van der Waals surface area (Å²) < 4.78 is 7.16. The van der Waals surface area contributed by atoms with E-state index in [2.05, 4.69) is 4.98 Å². The first-order valence-electron chi connectivity index (χ1n) is 6.16. The summed E-state index contributed by atoms with van der Waals surface area (Å²) >= 11 is 12.0. The third kappa shape index (κ3) is 2.63. The molecule has 6 heteroatoms. The lowest BCUT2D eigenvalue weighted by Crippen LogP contribution is -2.25. The van der Waals surface area contributed by atoms with Crippen LogP contribution >= 0.6 is 23.2 Å². The average Bonchev–Trinajstić information content (AvgIpc) is 2.48. The molecule has 4 nitrogen and oxygen atoms in total. The molecule has 0 fully saturated rings. The minimum absolute atomic E-state index is 0.287. The van der Waals surface area contributed by atoms with Crippen molar-refractivity contribution in [3.05, 3.63) is 27.6 Å². The monoisotopic (exact) mass is 314 g/mol. The Balaban J connectivity index is 2.67. The number of nitrogens with zero attached hydrogens (tertiary/aromatic N) is 2. The summed E-state index contributed by atoms with van der Waals surface area (Å²) in [4.78, 5) is 16.3. The molecular weight excluding hydrogens is 299 g/mol. The standard InChI is InChI=1S/C14H16Cl2N2O2/c1-7-10-8(6-9(15)17-12(10)16)18(5)11(7)13(19)20-14(2,3)4/h6H,1-5H3. The second kappa shape index (κ2) is 4.93. The summed E-state index contributed by atoms with van der Waals surface area (Å²) in [5, 5.41) is 1.30. The molecule has 0 radical (unpaired) electrons. The van der Waals surface area contributed by atoms with Crippen LogP contribution in [0.4, 0.5) is 0 Å². The first-order valence-corrected chi connectivity index (χ1v) is 6.92. The minimum Gasteiger partial charge on any atom is -0.455 e. The number of hydrogen-bond donors (Lipinski definition) is 0. The second-order valence-electron chi connectivity index (χ2n) is 5.66. The van der Waals surface area contributed by atoms with Crippen molar-refractivity contribution in [3.63, 3.8) is 0 Å². The van der Waals surface area contributed by atoms with Crippen molar-refractivity contribution in [2.45, 2.75) is 33.3 Å². The fraction of sp³-hybridized carbons (Fsp3) is 0.429. The topological polar surface area (TPSA) is 44.1 Å². The molecule has 0 spiro atoms. The van der Waals surface area contributed by atoms with E-state index in [1.807, 2.05) is 27.7 Å². The van der Waals surface area contributed by atoms with Crippen LogP contribution in [-0.2, 0) is 11.8 Å². The number of esters is 1. The van der Waals surface area contributed by atoms with Gasteiger partial charge in [-0.25, -0.2) is 9.78 Å². The van der Waals surface area contributed by atoms with Gasteiger partial charge in [-0.1, -0.05) is 23.2 Å². The Morgan fingerprint density at radius 3 is 2.50 bits per heavy atom. The molecule has 2 heterocycles. The summed E-state index contributed by atoms with van der Waals surface area (Å²) in [6.45, 7) is 7.31. The average molecular weight is 315 g/mol. The maximum Gasteiger partial charge on any atom is 0.355 e. The fourth-order valence-electron chi connectivity index (χ4n) is 2.19. The lowest BCUT2D eigenvalue weighted by atomic mass is 10.1. The van der Waals surface area contributed by atoms with Crippen LogP contribution in [0.1, 0.15) is 36.8 Å². The highest BCUT2D eigenvalue weighted by atomic mass is 35.5. The van der Waals surface area contributed by atoms with Gasteiger partial charge < -0.3 is 9.30 Å². The number of halogens is 2. The van der Waals surface area contributed by atoms with E-state index in [4.69, 9.17) is 27.9 Å². The number of rotatable bonds is 1.